The average molecular weight is 466 g/mol. The summed E-state index contributed by atoms with van der Waals surface area (Å²) in [5, 5.41) is 9.25. The Hall–Kier alpha value is -4.30. The van der Waals surface area contributed by atoms with Gasteiger partial charge in [-0.15, -0.1) is 5.10 Å². The van der Waals surface area contributed by atoms with Gasteiger partial charge in [0.05, 0.1) is 16.5 Å². The van der Waals surface area contributed by atoms with Crippen molar-refractivity contribution in [3.8, 4) is 28.5 Å². The molecule has 0 N–H and O–H groups in total. The van der Waals surface area contributed by atoms with Crippen molar-refractivity contribution in [3.63, 3.8) is 0 Å². The first kappa shape index (κ1) is 20.3. The van der Waals surface area contributed by atoms with E-state index in [0.29, 0.717) is 21.1 Å². The molecule has 0 atom stereocenters. The Morgan fingerprint density at radius 1 is 1.00 bits per heavy atom. The normalized spacial score (nSPS) is 12.1. The lowest BCUT2D eigenvalue weighted by atomic mass is 10.0. The van der Waals surface area contributed by atoms with Crippen LogP contribution in [0, 0.1) is 13.8 Å². The minimum atomic E-state index is -0.218. The lowest BCUT2D eigenvalue weighted by Gasteiger charge is -2.05. The van der Waals surface area contributed by atoms with Crippen molar-refractivity contribution in [2.45, 2.75) is 13.8 Å². The second-order valence-corrected chi connectivity index (χ2v) is 9.06. The van der Waals surface area contributed by atoms with Gasteiger partial charge < -0.3 is 4.42 Å². The number of benzene rings is 2. The third-order valence-corrected chi connectivity index (χ3v) is 6.58. The number of fused-ring (bicyclic) bond motifs is 1. The van der Waals surface area contributed by atoms with Gasteiger partial charge >= 0.3 is 0 Å². The fourth-order valence-electron chi connectivity index (χ4n) is 3.89. The van der Waals surface area contributed by atoms with Gasteiger partial charge in [0.25, 0.3) is 5.56 Å². The third kappa shape index (κ3) is 3.45. The van der Waals surface area contributed by atoms with Crippen LogP contribution in [0.15, 0.2) is 82.3 Å². The molecule has 0 unspecified atom stereocenters. The lowest BCUT2D eigenvalue weighted by molar-refractivity contribution is 0.577. The summed E-state index contributed by atoms with van der Waals surface area (Å²) in [5.41, 5.74) is 5.70. The summed E-state index contributed by atoms with van der Waals surface area (Å²) in [6.07, 6.45) is 5.39. The van der Waals surface area contributed by atoms with Crippen molar-refractivity contribution < 1.29 is 4.42 Å². The zero-order valence-electron chi connectivity index (χ0n) is 18.5. The highest BCUT2D eigenvalue weighted by Gasteiger charge is 2.16. The SMILES string of the molecule is Cc1ccc(C)c(-c2nn(-c3ccccc3)cc2/C=c2\sc3nc(-c4ccco4)nn3c2=O)c1. The van der Waals surface area contributed by atoms with E-state index in [4.69, 9.17) is 9.52 Å². The Morgan fingerprint density at radius 3 is 2.62 bits per heavy atom. The first-order valence-corrected chi connectivity index (χ1v) is 11.6. The zero-order chi connectivity index (χ0) is 23.2. The minimum Gasteiger partial charge on any atom is -0.461 e. The Balaban J connectivity index is 1.54. The maximum Gasteiger partial charge on any atom is 0.291 e. The molecule has 0 saturated heterocycles. The predicted molar refractivity (Wildman–Crippen MR) is 132 cm³/mol. The van der Waals surface area contributed by atoms with Crippen LogP contribution in [0.2, 0.25) is 0 Å². The number of nitrogens with zero attached hydrogens (tertiary/aromatic N) is 5. The van der Waals surface area contributed by atoms with Gasteiger partial charge in [-0.25, -0.2) is 4.68 Å². The molecule has 8 heteroatoms. The Kier molecular flexibility index (Phi) is 4.74. The number of rotatable bonds is 4. The highest BCUT2D eigenvalue weighted by atomic mass is 32.1. The van der Waals surface area contributed by atoms with Gasteiger partial charge in [0.1, 0.15) is 5.69 Å². The van der Waals surface area contributed by atoms with Gasteiger partial charge in [-0.05, 0) is 55.8 Å². The summed E-state index contributed by atoms with van der Waals surface area (Å²) in [6.45, 7) is 4.13. The Morgan fingerprint density at radius 2 is 1.85 bits per heavy atom. The lowest BCUT2D eigenvalue weighted by Crippen LogP contribution is -2.23. The molecule has 6 aromatic rings. The minimum absolute atomic E-state index is 0.218. The van der Waals surface area contributed by atoms with Crippen LogP contribution in [0.4, 0.5) is 0 Å². The monoisotopic (exact) mass is 465 g/mol. The summed E-state index contributed by atoms with van der Waals surface area (Å²) in [6, 6.07) is 19.8. The maximum absolute atomic E-state index is 13.1. The van der Waals surface area contributed by atoms with Crippen molar-refractivity contribution >= 4 is 22.4 Å². The predicted octanol–water partition coefficient (Wildman–Crippen LogP) is 4.43. The van der Waals surface area contributed by atoms with E-state index in [1.54, 1.807) is 18.4 Å². The molecule has 4 aromatic heterocycles. The molecule has 4 heterocycles. The van der Waals surface area contributed by atoms with E-state index in [9.17, 15) is 4.79 Å². The van der Waals surface area contributed by atoms with Crippen LogP contribution in [0.5, 0.6) is 0 Å². The molecular weight excluding hydrogens is 446 g/mol. The van der Waals surface area contributed by atoms with Crippen LogP contribution < -0.4 is 10.1 Å². The van der Waals surface area contributed by atoms with Crippen LogP contribution >= 0.6 is 11.3 Å². The molecule has 0 aliphatic rings. The molecule has 0 spiro atoms. The van der Waals surface area contributed by atoms with Crippen LogP contribution in [0.1, 0.15) is 16.7 Å². The van der Waals surface area contributed by atoms with Crippen LogP contribution in [-0.2, 0) is 0 Å². The van der Waals surface area contributed by atoms with Gasteiger partial charge in [0.2, 0.25) is 10.8 Å². The number of aryl methyl sites for hydroxylation is 2. The topological polar surface area (TPSA) is 78.2 Å². The molecule has 2 aromatic carbocycles. The Bertz CT molecular complexity index is 1740. The molecule has 7 nitrogen and oxygen atoms in total. The molecule has 0 fully saturated rings. The van der Waals surface area contributed by atoms with Crippen LogP contribution in [-0.4, -0.2) is 24.4 Å². The number of thiazole rings is 1. The molecule has 0 saturated carbocycles. The largest absolute Gasteiger partial charge is 0.461 e. The average Bonchev–Trinajstić information content (AvgIpc) is 3.63. The first-order valence-electron chi connectivity index (χ1n) is 10.7. The summed E-state index contributed by atoms with van der Waals surface area (Å²) in [7, 11) is 0. The second-order valence-electron chi connectivity index (χ2n) is 8.05. The van der Waals surface area contributed by atoms with Crippen LogP contribution in [0.25, 0.3) is 39.6 Å². The smallest absolute Gasteiger partial charge is 0.291 e. The summed E-state index contributed by atoms with van der Waals surface area (Å²) < 4.78 is 9.08. The van der Waals surface area contributed by atoms with E-state index < -0.39 is 0 Å². The van der Waals surface area contributed by atoms with Gasteiger partial charge in [0.15, 0.2) is 5.76 Å². The summed E-state index contributed by atoms with van der Waals surface area (Å²) in [5.74, 6) is 0.926. The van der Waals surface area contributed by atoms with E-state index >= 15 is 0 Å². The molecule has 0 bridgehead atoms. The second kappa shape index (κ2) is 7.93. The molecular formula is C26H19N5O2S. The van der Waals surface area contributed by atoms with E-state index in [0.717, 1.165) is 33.6 Å². The molecule has 34 heavy (non-hydrogen) atoms. The van der Waals surface area contributed by atoms with Gasteiger partial charge in [0, 0.05) is 17.3 Å². The van der Waals surface area contributed by atoms with Crippen molar-refractivity contribution in [1.82, 2.24) is 24.4 Å². The molecule has 6 rings (SSSR count). The summed E-state index contributed by atoms with van der Waals surface area (Å²) >= 11 is 1.30. The van der Waals surface area contributed by atoms with Crippen molar-refractivity contribution in [2.24, 2.45) is 0 Å². The fraction of sp³-hybridized carbons (Fsp3) is 0.0769. The summed E-state index contributed by atoms with van der Waals surface area (Å²) in [4.78, 5) is 18.1. The molecule has 0 aliphatic carbocycles. The van der Waals surface area contributed by atoms with E-state index in [1.165, 1.54) is 15.9 Å². The van der Waals surface area contributed by atoms with E-state index in [1.807, 2.05) is 47.3 Å². The van der Waals surface area contributed by atoms with Crippen molar-refractivity contribution in [1.29, 1.82) is 0 Å². The zero-order valence-corrected chi connectivity index (χ0v) is 19.3. The maximum atomic E-state index is 13.1. The number of aromatic nitrogens is 5. The highest BCUT2D eigenvalue weighted by molar-refractivity contribution is 7.15. The highest BCUT2D eigenvalue weighted by Crippen LogP contribution is 2.28. The molecule has 166 valence electrons. The van der Waals surface area contributed by atoms with Gasteiger partial charge in [-0.2, -0.15) is 14.6 Å². The number of hydrogen-bond acceptors (Lipinski definition) is 6. The molecule has 0 amide bonds. The Labute approximate surface area is 198 Å². The van der Waals surface area contributed by atoms with Crippen molar-refractivity contribution in [3.05, 3.63) is 105 Å². The molecule has 0 aliphatic heterocycles. The van der Waals surface area contributed by atoms with E-state index in [-0.39, 0.29) is 5.56 Å². The number of hydrogen-bond donors (Lipinski definition) is 0. The fourth-order valence-corrected chi connectivity index (χ4v) is 4.79. The number of para-hydroxylation sites is 1. The first-order chi connectivity index (χ1) is 16.6. The van der Waals surface area contributed by atoms with Gasteiger partial charge in [-0.1, -0.05) is 47.2 Å². The standard InChI is InChI=1S/C26H19N5O2S/c1-16-10-11-17(2)20(13-16)23-18(15-30(28-23)19-7-4-3-5-8-19)14-22-25(32)31-26(34-22)27-24(29-31)21-9-6-12-33-21/h3-15H,1-2H3/b22-14-. The van der Waals surface area contributed by atoms with E-state index in [2.05, 4.69) is 42.1 Å². The quantitative estimate of drug-likeness (QED) is 0.385. The molecule has 0 radical (unpaired) electrons. The van der Waals surface area contributed by atoms with Gasteiger partial charge in [-0.3, -0.25) is 4.79 Å². The van der Waals surface area contributed by atoms with Crippen molar-refractivity contribution in [2.75, 3.05) is 0 Å². The third-order valence-electron chi connectivity index (χ3n) is 5.62. The number of furan rings is 1. The van der Waals surface area contributed by atoms with Crippen LogP contribution in [0.3, 0.4) is 0 Å².